The van der Waals surface area contributed by atoms with Crippen molar-refractivity contribution in [3.8, 4) is 11.5 Å². The Morgan fingerprint density at radius 3 is 2.18 bits per heavy atom. The van der Waals surface area contributed by atoms with Crippen LogP contribution in [0.5, 0.6) is 11.5 Å². The number of anilines is 2. The summed E-state index contributed by atoms with van der Waals surface area (Å²) in [5, 5.41) is 8.57. The van der Waals surface area contributed by atoms with Crippen molar-refractivity contribution in [2.75, 3.05) is 17.7 Å². The van der Waals surface area contributed by atoms with Gasteiger partial charge in [0.2, 0.25) is 5.91 Å². The molecule has 0 aliphatic carbocycles. The van der Waals surface area contributed by atoms with Crippen molar-refractivity contribution in [1.82, 2.24) is 5.32 Å². The quantitative estimate of drug-likeness (QED) is 0.0788. The summed E-state index contributed by atoms with van der Waals surface area (Å²) in [6, 6.07) is 38.1. The van der Waals surface area contributed by atoms with Gasteiger partial charge in [-0.05, 0) is 84.3 Å². The van der Waals surface area contributed by atoms with Crippen LogP contribution >= 0.6 is 23.4 Å². The van der Waals surface area contributed by atoms with Crippen LogP contribution in [0.15, 0.2) is 138 Å². The molecule has 1 atom stereocenters. The number of ether oxygens (including phenoxy) is 2. The molecule has 0 saturated heterocycles. The topological polar surface area (TPSA) is 106 Å². The monoisotopic (exact) mass is 705 g/mol. The summed E-state index contributed by atoms with van der Waals surface area (Å²) in [6.07, 6.45) is 2.17. The number of thioether (sulfide) groups is 1. The Morgan fingerprint density at radius 2 is 1.50 bits per heavy atom. The average molecular weight is 706 g/mol. The molecular formula is C40H36ClN3O5S. The van der Waals surface area contributed by atoms with Crippen molar-refractivity contribution in [3.63, 3.8) is 0 Å². The van der Waals surface area contributed by atoms with Crippen molar-refractivity contribution < 1.29 is 23.9 Å². The van der Waals surface area contributed by atoms with Gasteiger partial charge in [-0.3, -0.25) is 14.4 Å². The van der Waals surface area contributed by atoms with Gasteiger partial charge in [-0.1, -0.05) is 85.3 Å². The molecule has 0 aliphatic rings. The molecule has 5 rings (SSSR count). The third kappa shape index (κ3) is 10.2. The molecule has 10 heteroatoms. The second-order valence-electron chi connectivity index (χ2n) is 11.1. The number of carbonyl (C=O) groups is 3. The highest BCUT2D eigenvalue weighted by Gasteiger charge is 2.20. The van der Waals surface area contributed by atoms with E-state index in [9.17, 15) is 14.4 Å². The van der Waals surface area contributed by atoms with Crippen molar-refractivity contribution in [2.24, 2.45) is 0 Å². The summed E-state index contributed by atoms with van der Waals surface area (Å²) in [6.45, 7) is 2.35. The van der Waals surface area contributed by atoms with E-state index in [0.717, 1.165) is 10.5 Å². The smallest absolute Gasteiger partial charge is 0.272 e. The minimum atomic E-state index is -0.512. The van der Waals surface area contributed by atoms with Crippen LogP contribution < -0.4 is 25.4 Å². The normalized spacial score (nSPS) is 11.6. The number of hydrogen-bond donors (Lipinski definition) is 3. The Labute approximate surface area is 300 Å². The molecule has 3 amide bonds. The van der Waals surface area contributed by atoms with Crippen molar-refractivity contribution in [1.29, 1.82) is 0 Å². The highest BCUT2D eigenvalue weighted by Crippen LogP contribution is 2.31. The molecule has 0 heterocycles. The molecule has 3 N–H and O–H groups in total. The third-order valence-electron chi connectivity index (χ3n) is 7.42. The molecule has 0 aromatic heterocycles. The largest absolute Gasteiger partial charge is 0.495 e. The number of rotatable bonds is 14. The Kier molecular flexibility index (Phi) is 12.7. The van der Waals surface area contributed by atoms with Crippen molar-refractivity contribution >= 4 is 58.5 Å². The second kappa shape index (κ2) is 17.8. The number of nitrogens with one attached hydrogen (secondary N) is 3. The molecule has 0 radical (unpaired) electrons. The summed E-state index contributed by atoms with van der Waals surface area (Å²) in [4.78, 5) is 40.7. The van der Waals surface area contributed by atoms with E-state index in [4.69, 9.17) is 21.1 Å². The van der Waals surface area contributed by atoms with Gasteiger partial charge in [0.25, 0.3) is 11.8 Å². The highest BCUT2D eigenvalue weighted by molar-refractivity contribution is 8.00. The summed E-state index contributed by atoms with van der Waals surface area (Å²) in [7, 11) is 1.53. The third-order valence-corrected chi connectivity index (χ3v) is 9.07. The summed E-state index contributed by atoms with van der Waals surface area (Å²) >= 11 is 7.61. The van der Waals surface area contributed by atoms with Crippen LogP contribution in [0, 0.1) is 0 Å². The van der Waals surface area contributed by atoms with E-state index in [2.05, 4.69) is 16.0 Å². The second-order valence-corrected chi connectivity index (χ2v) is 12.7. The number of amides is 3. The lowest BCUT2D eigenvalue weighted by Crippen LogP contribution is -2.30. The Morgan fingerprint density at radius 1 is 0.800 bits per heavy atom. The number of carbonyl (C=O) groups excluding carboxylic acids is 3. The van der Waals surface area contributed by atoms with Gasteiger partial charge in [-0.25, -0.2) is 0 Å². The zero-order chi connectivity index (χ0) is 35.3. The molecule has 50 heavy (non-hydrogen) atoms. The predicted molar refractivity (Wildman–Crippen MR) is 201 cm³/mol. The van der Waals surface area contributed by atoms with Gasteiger partial charge in [-0.2, -0.15) is 0 Å². The van der Waals surface area contributed by atoms with Crippen LogP contribution in [-0.2, 0) is 16.2 Å². The van der Waals surface area contributed by atoms with E-state index in [0.29, 0.717) is 52.1 Å². The number of methoxy groups -OCH3 is 1. The SMILES string of the molecule is CCC(Sc1cccc(NC(=O)/C(=C\c2ccc(OCc3ccccc3)cc2)NC(=O)c2ccccc2)c1)C(=O)Nc1ccc(OC)c(Cl)c1. The molecule has 1 unspecified atom stereocenters. The zero-order valence-electron chi connectivity index (χ0n) is 27.5. The molecule has 0 aliphatic heterocycles. The molecule has 5 aromatic carbocycles. The molecule has 0 bridgehead atoms. The minimum absolute atomic E-state index is 0.0545. The van der Waals surface area contributed by atoms with Crippen molar-refractivity contribution in [3.05, 3.63) is 155 Å². The molecule has 5 aromatic rings. The Bertz CT molecular complexity index is 1950. The number of benzene rings is 5. The zero-order valence-corrected chi connectivity index (χ0v) is 29.1. The molecule has 8 nitrogen and oxygen atoms in total. The van der Waals surface area contributed by atoms with E-state index >= 15 is 0 Å². The van der Waals surface area contributed by atoms with Gasteiger partial charge in [0, 0.05) is 21.8 Å². The first kappa shape index (κ1) is 35.8. The lowest BCUT2D eigenvalue weighted by Gasteiger charge is -2.16. The number of halogens is 1. The first-order valence-electron chi connectivity index (χ1n) is 15.9. The maximum Gasteiger partial charge on any atom is 0.272 e. The lowest BCUT2D eigenvalue weighted by molar-refractivity contribution is -0.116. The predicted octanol–water partition coefficient (Wildman–Crippen LogP) is 8.85. The van der Waals surface area contributed by atoms with Crippen LogP contribution in [0.4, 0.5) is 11.4 Å². The minimum Gasteiger partial charge on any atom is -0.495 e. The standard InChI is InChI=1S/C40H36ClN3O5S/c1-3-37(40(47)43-31-19-22-36(48-2)34(41)25-31)50-33-16-10-15-30(24-33)42-39(46)35(44-38(45)29-13-8-5-9-14-29)23-27-17-20-32(21-18-27)49-26-28-11-6-4-7-12-28/h4-25,37H,3,26H2,1-2H3,(H,42,46)(H,43,47)(H,44,45)/b35-23+. The van der Waals surface area contributed by atoms with E-state index in [1.165, 1.54) is 18.9 Å². The van der Waals surface area contributed by atoms with Gasteiger partial charge in [0.15, 0.2) is 0 Å². The van der Waals surface area contributed by atoms with Crippen LogP contribution in [0.25, 0.3) is 6.08 Å². The van der Waals surface area contributed by atoms with Crippen LogP contribution in [0.3, 0.4) is 0 Å². The molecule has 254 valence electrons. The number of hydrogen-bond acceptors (Lipinski definition) is 6. The van der Waals surface area contributed by atoms with Gasteiger partial charge in [0.1, 0.15) is 23.8 Å². The van der Waals surface area contributed by atoms with Crippen LogP contribution in [0.1, 0.15) is 34.8 Å². The van der Waals surface area contributed by atoms with Gasteiger partial charge >= 0.3 is 0 Å². The summed E-state index contributed by atoms with van der Waals surface area (Å²) < 4.78 is 11.1. The van der Waals surface area contributed by atoms with Gasteiger partial charge < -0.3 is 25.4 Å². The molecule has 0 fully saturated rings. The van der Waals surface area contributed by atoms with E-state index < -0.39 is 17.1 Å². The highest BCUT2D eigenvalue weighted by atomic mass is 35.5. The lowest BCUT2D eigenvalue weighted by atomic mass is 10.1. The molecular weight excluding hydrogens is 670 g/mol. The van der Waals surface area contributed by atoms with Crippen LogP contribution in [0.2, 0.25) is 5.02 Å². The average Bonchev–Trinajstić information content (AvgIpc) is 3.14. The maximum atomic E-state index is 13.7. The maximum absolute atomic E-state index is 13.7. The summed E-state index contributed by atoms with van der Waals surface area (Å²) in [5.74, 6) is 0.0747. The Hall–Kier alpha value is -5.51. The summed E-state index contributed by atoms with van der Waals surface area (Å²) in [5.41, 5.74) is 3.27. The molecule has 0 saturated carbocycles. The van der Waals surface area contributed by atoms with Crippen LogP contribution in [-0.4, -0.2) is 30.1 Å². The Balaban J connectivity index is 1.29. The van der Waals surface area contributed by atoms with E-state index in [-0.39, 0.29) is 11.6 Å². The van der Waals surface area contributed by atoms with Gasteiger partial charge in [0.05, 0.1) is 17.4 Å². The first-order chi connectivity index (χ1) is 24.3. The first-order valence-corrected chi connectivity index (χ1v) is 17.1. The van der Waals surface area contributed by atoms with Gasteiger partial charge in [-0.15, -0.1) is 11.8 Å². The van der Waals surface area contributed by atoms with E-state index in [1.54, 1.807) is 66.7 Å². The van der Waals surface area contributed by atoms with E-state index in [1.807, 2.05) is 73.7 Å². The van der Waals surface area contributed by atoms with Crippen molar-refractivity contribution in [2.45, 2.75) is 30.1 Å². The molecule has 0 spiro atoms. The fourth-order valence-electron chi connectivity index (χ4n) is 4.81. The fraction of sp³-hybridized carbons (Fsp3) is 0.125. The fourth-order valence-corrected chi connectivity index (χ4v) is 6.08.